The summed E-state index contributed by atoms with van der Waals surface area (Å²) in [5, 5.41) is 7.04. The van der Waals surface area contributed by atoms with Gasteiger partial charge >= 0.3 is 0 Å². The van der Waals surface area contributed by atoms with Crippen LogP contribution in [0.5, 0.6) is 11.5 Å². The lowest BCUT2D eigenvalue weighted by Gasteiger charge is -2.38. The first-order valence-electron chi connectivity index (χ1n) is 11.7. The van der Waals surface area contributed by atoms with Crippen LogP contribution < -0.4 is 20.1 Å². The number of aliphatic imine (C=N–C) groups is 1. The van der Waals surface area contributed by atoms with Crippen molar-refractivity contribution < 1.29 is 14.2 Å². The zero-order valence-corrected chi connectivity index (χ0v) is 22.2. The van der Waals surface area contributed by atoms with Gasteiger partial charge in [0, 0.05) is 56.3 Å². The molecule has 0 bridgehead atoms. The highest BCUT2D eigenvalue weighted by molar-refractivity contribution is 14.0. The molecule has 0 aliphatic carbocycles. The molecule has 2 aliphatic rings. The fraction of sp³-hybridized carbons (Fsp3) is 0.500. The summed E-state index contributed by atoms with van der Waals surface area (Å²) in [7, 11) is 1.81. The number of ether oxygens (including phenoxy) is 3. The minimum Gasteiger partial charge on any atom is -0.494 e. The van der Waals surface area contributed by atoms with Crippen molar-refractivity contribution in [3.05, 3.63) is 59.2 Å². The van der Waals surface area contributed by atoms with E-state index in [-0.39, 0.29) is 35.5 Å². The maximum absolute atomic E-state index is 5.96. The fourth-order valence-electron chi connectivity index (χ4n) is 4.68. The minimum absolute atomic E-state index is 0. The van der Waals surface area contributed by atoms with Gasteiger partial charge in [0.2, 0.25) is 0 Å². The molecule has 0 spiro atoms. The molecule has 33 heavy (non-hydrogen) atoms. The number of nitrogens with one attached hydrogen (secondary N) is 2. The van der Waals surface area contributed by atoms with Gasteiger partial charge in [-0.1, -0.05) is 30.3 Å². The Kier molecular flexibility index (Phi) is 9.26. The molecule has 2 heterocycles. The van der Waals surface area contributed by atoms with E-state index in [9.17, 15) is 0 Å². The number of nitrogens with zero attached hydrogens (tertiary/aromatic N) is 1. The second kappa shape index (κ2) is 11.9. The summed E-state index contributed by atoms with van der Waals surface area (Å²) in [5.41, 5.74) is 3.70. The smallest absolute Gasteiger partial charge is 0.191 e. The highest BCUT2D eigenvalue weighted by Gasteiger charge is 2.34. The van der Waals surface area contributed by atoms with Gasteiger partial charge < -0.3 is 24.8 Å². The summed E-state index contributed by atoms with van der Waals surface area (Å²) < 4.78 is 17.6. The predicted octanol–water partition coefficient (Wildman–Crippen LogP) is 4.44. The van der Waals surface area contributed by atoms with E-state index < -0.39 is 0 Å². The molecule has 0 amide bonds. The van der Waals surface area contributed by atoms with E-state index in [4.69, 9.17) is 14.2 Å². The molecular weight excluding hydrogens is 529 g/mol. The van der Waals surface area contributed by atoms with Gasteiger partial charge in [-0.15, -0.1) is 24.0 Å². The lowest BCUT2D eigenvalue weighted by atomic mass is 9.74. The van der Waals surface area contributed by atoms with Crippen LogP contribution in [0.1, 0.15) is 43.4 Å². The van der Waals surface area contributed by atoms with Gasteiger partial charge in [-0.2, -0.15) is 0 Å². The Labute approximate surface area is 214 Å². The minimum atomic E-state index is 0. The highest BCUT2D eigenvalue weighted by atomic mass is 127. The van der Waals surface area contributed by atoms with Gasteiger partial charge in [0.05, 0.1) is 6.61 Å². The third-order valence-electron chi connectivity index (χ3n) is 6.48. The number of guanidine groups is 1. The van der Waals surface area contributed by atoms with Crippen LogP contribution in [0, 0.1) is 0 Å². The molecule has 1 fully saturated rings. The van der Waals surface area contributed by atoms with Gasteiger partial charge in [0.1, 0.15) is 17.6 Å². The van der Waals surface area contributed by atoms with Crippen LogP contribution >= 0.6 is 24.0 Å². The zero-order valence-electron chi connectivity index (χ0n) is 19.9. The second-order valence-corrected chi connectivity index (χ2v) is 8.67. The zero-order chi connectivity index (χ0) is 22.4. The number of halogens is 1. The molecule has 2 N–H and O–H groups in total. The molecule has 6 nitrogen and oxygen atoms in total. The summed E-state index contributed by atoms with van der Waals surface area (Å²) in [6.45, 7) is 7.74. The highest BCUT2D eigenvalue weighted by Crippen LogP contribution is 2.36. The van der Waals surface area contributed by atoms with Gasteiger partial charge in [-0.3, -0.25) is 4.99 Å². The van der Waals surface area contributed by atoms with Crippen LogP contribution in [0.3, 0.4) is 0 Å². The fourth-order valence-corrected chi connectivity index (χ4v) is 4.68. The normalized spacial score (nSPS) is 19.1. The van der Waals surface area contributed by atoms with Crippen LogP contribution in [-0.4, -0.2) is 45.5 Å². The maximum atomic E-state index is 5.96. The van der Waals surface area contributed by atoms with E-state index >= 15 is 0 Å². The molecular formula is C26H36IN3O3. The Balaban J connectivity index is 0.00000306. The Bertz CT molecular complexity index is 930. The molecule has 1 atom stereocenters. The Morgan fingerprint density at radius 2 is 1.91 bits per heavy atom. The number of rotatable bonds is 7. The second-order valence-electron chi connectivity index (χ2n) is 8.67. The molecule has 1 saturated heterocycles. The topological polar surface area (TPSA) is 64.1 Å². The lowest BCUT2D eigenvalue weighted by Crippen LogP contribution is -2.47. The first-order valence-corrected chi connectivity index (χ1v) is 11.7. The van der Waals surface area contributed by atoms with Crippen molar-refractivity contribution in [1.29, 1.82) is 0 Å². The maximum Gasteiger partial charge on any atom is 0.191 e. The van der Waals surface area contributed by atoms with Crippen molar-refractivity contribution in [3.63, 3.8) is 0 Å². The van der Waals surface area contributed by atoms with Crippen molar-refractivity contribution in [2.45, 2.75) is 51.2 Å². The molecule has 2 aromatic rings. The standard InChI is InChI=1S/C26H35N3O3.HI/c1-4-31-23-15-20-14-19(2)32-24(20)16-21(23)17-28-25(27-3)29-18-26(10-12-30-13-11-26)22-8-6-5-7-9-22;/h5-9,15-16,19H,4,10-14,17-18H2,1-3H3,(H2,27,28,29);1H. The van der Waals surface area contributed by atoms with Gasteiger partial charge in [0.25, 0.3) is 0 Å². The molecule has 0 saturated carbocycles. The summed E-state index contributed by atoms with van der Waals surface area (Å²) in [6, 6.07) is 15.0. The number of fused-ring (bicyclic) bond motifs is 1. The molecule has 7 heteroatoms. The van der Waals surface area contributed by atoms with Crippen molar-refractivity contribution in [1.82, 2.24) is 10.6 Å². The summed E-state index contributed by atoms with van der Waals surface area (Å²) in [6.07, 6.45) is 3.13. The Hall–Kier alpha value is -2.00. The Morgan fingerprint density at radius 3 is 2.61 bits per heavy atom. The van der Waals surface area contributed by atoms with Gasteiger partial charge in [-0.25, -0.2) is 0 Å². The Morgan fingerprint density at radius 1 is 1.15 bits per heavy atom. The third kappa shape index (κ3) is 6.12. The van der Waals surface area contributed by atoms with Crippen molar-refractivity contribution in [2.24, 2.45) is 4.99 Å². The van der Waals surface area contributed by atoms with Crippen LogP contribution in [-0.2, 0) is 23.1 Å². The quantitative estimate of drug-likeness (QED) is 0.296. The van der Waals surface area contributed by atoms with E-state index in [0.717, 1.165) is 62.0 Å². The molecule has 1 unspecified atom stereocenters. The van der Waals surface area contributed by atoms with Crippen molar-refractivity contribution in [3.8, 4) is 11.5 Å². The molecule has 0 radical (unpaired) electrons. The summed E-state index contributed by atoms with van der Waals surface area (Å²) in [4.78, 5) is 4.46. The number of hydrogen-bond acceptors (Lipinski definition) is 4. The van der Waals surface area contributed by atoms with Crippen LogP contribution in [0.4, 0.5) is 0 Å². The first kappa shape index (κ1) is 25.6. The van der Waals surface area contributed by atoms with Gasteiger partial charge in [-0.05, 0) is 44.4 Å². The van der Waals surface area contributed by atoms with E-state index in [2.05, 4.69) is 65.0 Å². The first-order chi connectivity index (χ1) is 15.6. The van der Waals surface area contributed by atoms with Gasteiger partial charge in [0.15, 0.2) is 5.96 Å². The predicted molar refractivity (Wildman–Crippen MR) is 143 cm³/mol. The van der Waals surface area contributed by atoms with E-state index in [1.54, 1.807) is 0 Å². The summed E-state index contributed by atoms with van der Waals surface area (Å²) in [5.74, 6) is 2.66. The largest absolute Gasteiger partial charge is 0.494 e. The molecule has 2 aliphatic heterocycles. The average molecular weight is 565 g/mol. The van der Waals surface area contributed by atoms with E-state index in [0.29, 0.717) is 13.2 Å². The summed E-state index contributed by atoms with van der Waals surface area (Å²) >= 11 is 0. The molecule has 0 aromatic heterocycles. The average Bonchev–Trinajstić information content (AvgIpc) is 3.19. The van der Waals surface area contributed by atoms with Crippen molar-refractivity contribution >= 4 is 29.9 Å². The van der Waals surface area contributed by atoms with E-state index in [1.807, 2.05) is 14.0 Å². The van der Waals surface area contributed by atoms with Crippen molar-refractivity contribution in [2.75, 3.05) is 33.4 Å². The van der Waals surface area contributed by atoms with Crippen LogP contribution in [0.25, 0.3) is 0 Å². The van der Waals surface area contributed by atoms with E-state index in [1.165, 1.54) is 11.1 Å². The monoisotopic (exact) mass is 565 g/mol. The third-order valence-corrected chi connectivity index (χ3v) is 6.48. The SMILES string of the molecule is CCOc1cc2c(cc1CNC(=NC)NCC1(c3ccccc3)CCOCC1)OC(C)C2.I. The number of hydrogen-bond donors (Lipinski definition) is 2. The van der Waals surface area contributed by atoms with Crippen LogP contribution in [0.15, 0.2) is 47.5 Å². The van der Waals surface area contributed by atoms with Crippen LogP contribution in [0.2, 0.25) is 0 Å². The molecule has 4 rings (SSSR count). The number of benzene rings is 2. The molecule has 180 valence electrons. The lowest BCUT2D eigenvalue weighted by molar-refractivity contribution is 0.0514. The molecule has 2 aromatic carbocycles.